The van der Waals surface area contributed by atoms with Crippen LogP contribution in [0.25, 0.3) is 0 Å². The number of nitrogens with zero attached hydrogens (tertiary/aromatic N) is 1. The number of aromatic carboxylic acids is 1. The number of carboxylic acids is 1. The van der Waals surface area contributed by atoms with Gasteiger partial charge in [0.25, 0.3) is 0 Å². The van der Waals surface area contributed by atoms with E-state index >= 15 is 0 Å². The minimum atomic E-state index is -1.43. The van der Waals surface area contributed by atoms with E-state index in [1.807, 2.05) is 0 Å². The Morgan fingerprint density at radius 2 is 2.29 bits per heavy atom. The number of amides is 1. The lowest BCUT2D eigenvalue weighted by molar-refractivity contribution is 0.0691. The van der Waals surface area contributed by atoms with E-state index in [-0.39, 0.29) is 12.4 Å². The van der Waals surface area contributed by atoms with Crippen molar-refractivity contribution in [3.05, 3.63) is 36.3 Å². The maximum atomic E-state index is 13.1. The smallest absolute Gasteiger partial charge is 0.413 e. The van der Waals surface area contributed by atoms with Gasteiger partial charge in [0, 0.05) is 0 Å². The zero-order valence-electron chi connectivity index (χ0n) is 8.64. The molecule has 0 aliphatic carbocycles. The van der Waals surface area contributed by atoms with E-state index in [1.165, 1.54) is 6.08 Å². The summed E-state index contributed by atoms with van der Waals surface area (Å²) in [7, 11) is 0. The Balaban J connectivity index is 2.74. The number of carbonyl (C=O) groups excluding carboxylic acids is 1. The third-order valence-corrected chi connectivity index (χ3v) is 1.64. The van der Waals surface area contributed by atoms with Gasteiger partial charge in [-0.15, -0.1) is 0 Å². The van der Waals surface area contributed by atoms with Crippen molar-refractivity contribution in [2.45, 2.75) is 0 Å². The van der Waals surface area contributed by atoms with Gasteiger partial charge in [-0.3, -0.25) is 5.32 Å². The van der Waals surface area contributed by atoms with Crippen LogP contribution >= 0.6 is 0 Å². The summed E-state index contributed by atoms with van der Waals surface area (Å²) in [6, 6.07) is 2.15. The number of carboxylic acid groups (broad SMARTS) is 1. The Kier molecular flexibility index (Phi) is 4.15. The monoisotopic (exact) mass is 240 g/mol. The summed E-state index contributed by atoms with van der Waals surface area (Å²) in [4.78, 5) is 24.8. The highest BCUT2D eigenvalue weighted by atomic mass is 19.1. The summed E-state index contributed by atoms with van der Waals surface area (Å²) >= 11 is 0. The van der Waals surface area contributed by atoms with Crippen molar-refractivity contribution in [2.24, 2.45) is 0 Å². The summed E-state index contributed by atoms with van der Waals surface area (Å²) in [5.41, 5.74) is -0.574. The molecule has 1 amide bonds. The number of ether oxygens (including phenoxy) is 1. The fourth-order valence-corrected chi connectivity index (χ4v) is 0.939. The molecule has 0 fully saturated rings. The molecule has 1 aromatic heterocycles. The van der Waals surface area contributed by atoms with Gasteiger partial charge in [0.1, 0.15) is 18.0 Å². The SMILES string of the molecule is C=CCOC(=O)Nc1ccc(C(=O)O)c(F)n1. The van der Waals surface area contributed by atoms with Crippen LogP contribution in [0.2, 0.25) is 0 Å². The normalized spacial score (nSPS) is 9.47. The van der Waals surface area contributed by atoms with Crippen molar-refractivity contribution in [1.82, 2.24) is 4.98 Å². The number of anilines is 1. The fraction of sp³-hybridized carbons (Fsp3) is 0.100. The molecule has 17 heavy (non-hydrogen) atoms. The van der Waals surface area contributed by atoms with Crippen LogP contribution in [-0.2, 0) is 4.74 Å². The van der Waals surface area contributed by atoms with Crippen LogP contribution in [0.4, 0.5) is 15.0 Å². The van der Waals surface area contributed by atoms with E-state index in [4.69, 9.17) is 5.11 Å². The molecule has 6 nitrogen and oxygen atoms in total. The molecule has 0 aliphatic rings. The molecule has 0 unspecified atom stereocenters. The van der Waals surface area contributed by atoms with Crippen molar-refractivity contribution in [3.8, 4) is 0 Å². The number of nitrogens with one attached hydrogen (secondary N) is 1. The molecule has 1 aromatic rings. The first kappa shape index (κ1) is 12.6. The zero-order valence-corrected chi connectivity index (χ0v) is 8.64. The van der Waals surface area contributed by atoms with Crippen molar-refractivity contribution >= 4 is 17.9 Å². The quantitative estimate of drug-likeness (QED) is 0.617. The standard InChI is InChI=1S/C10H9FN2O4/c1-2-5-17-10(16)13-7-4-3-6(9(14)15)8(11)12-7/h2-4H,1,5H2,(H,14,15)(H,12,13,16). The van der Waals surface area contributed by atoms with E-state index in [0.29, 0.717) is 0 Å². The maximum absolute atomic E-state index is 13.1. The van der Waals surface area contributed by atoms with E-state index in [9.17, 15) is 14.0 Å². The molecule has 0 spiro atoms. The van der Waals surface area contributed by atoms with E-state index in [2.05, 4.69) is 21.6 Å². The largest absolute Gasteiger partial charge is 0.478 e. The highest BCUT2D eigenvalue weighted by Gasteiger charge is 2.13. The molecular formula is C10H9FN2O4. The van der Waals surface area contributed by atoms with Crippen molar-refractivity contribution in [1.29, 1.82) is 0 Å². The van der Waals surface area contributed by atoms with E-state index in [1.54, 1.807) is 0 Å². The molecule has 0 atom stereocenters. The van der Waals surface area contributed by atoms with Crippen molar-refractivity contribution in [3.63, 3.8) is 0 Å². The van der Waals surface area contributed by atoms with Gasteiger partial charge in [-0.2, -0.15) is 4.39 Å². The minimum Gasteiger partial charge on any atom is -0.478 e. The van der Waals surface area contributed by atoms with Gasteiger partial charge in [0.05, 0.1) is 0 Å². The highest BCUT2D eigenvalue weighted by molar-refractivity contribution is 5.88. The summed E-state index contributed by atoms with van der Waals surface area (Å²) in [5.74, 6) is -2.75. The third-order valence-electron chi connectivity index (χ3n) is 1.64. The Bertz CT molecular complexity index is 462. The number of aromatic nitrogens is 1. The third kappa shape index (κ3) is 3.56. The fourth-order valence-electron chi connectivity index (χ4n) is 0.939. The molecule has 7 heteroatoms. The summed E-state index contributed by atoms with van der Waals surface area (Å²) in [5, 5.41) is 10.7. The second kappa shape index (κ2) is 5.59. The van der Waals surface area contributed by atoms with Gasteiger partial charge in [0.2, 0.25) is 5.95 Å². The van der Waals surface area contributed by atoms with E-state index < -0.39 is 23.6 Å². The van der Waals surface area contributed by atoms with Crippen LogP contribution in [0.3, 0.4) is 0 Å². The Hall–Kier alpha value is -2.44. The number of rotatable bonds is 4. The van der Waals surface area contributed by atoms with Crippen molar-refractivity contribution < 1.29 is 23.8 Å². The molecule has 0 aromatic carbocycles. The van der Waals surface area contributed by atoms with Crippen LogP contribution in [0.5, 0.6) is 0 Å². The molecule has 0 saturated heterocycles. The lowest BCUT2D eigenvalue weighted by atomic mass is 10.3. The minimum absolute atomic E-state index is 0.00151. The van der Waals surface area contributed by atoms with Crippen LogP contribution < -0.4 is 5.32 Å². The molecular weight excluding hydrogens is 231 g/mol. The average molecular weight is 240 g/mol. The van der Waals surface area contributed by atoms with Gasteiger partial charge in [0.15, 0.2) is 0 Å². The first-order chi connectivity index (χ1) is 8.04. The molecule has 1 heterocycles. The molecule has 0 radical (unpaired) electrons. The molecule has 0 saturated carbocycles. The average Bonchev–Trinajstić information content (AvgIpc) is 2.26. The van der Waals surface area contributed by atoms with Gasteiger partial charge >= 0.3 is 12.1 Å². The Morgan fingerprint density at radius 1 is 1.59 bits per heavy atom. The van der Waals surface area contributed by atoms with Gasteiger partial charge in [-0.1, -0.05) is 12.7 Å². The van der Waals surface area contributed by atoms with Crippen LogP contribution in [0, 0.1) is 5.95 Å². The molecule has 90 valence electrons. The van der Waals surface area contributed by atoms with Crippen LogP contribution in [0.1, 0.15) is 10.4 Å². The number of halogens is 1. The lowest BCUT2D eigenvalue weighted by Gasteiger charge is -2.05. The van der Waals surface area contributed by atoms with Gasteiger partial charge < -0.3 is 9.84 Å². The molecule has 1 rings (SSSR count). The lowest BCUT2D eigenvalue weighted by Crippen LogP contribution is -2.15. The molecule has 2 N–H and O–H groups in total. The predicted octanol–water partition coefficient (Wildman–Crippen LogP) is 1.65. The Labute approximate surface area is 95.7 Å². The van der Waals surface area contributed by atoms with Crippen molar-refractivity contribution in [2.75, 3.05) is 11.9 Å². The Morgan fingerprint density at radius 3 is 2.82 bits per heavy atom. The number of hydrogen-bond donors (Lipinski definition) is 2. The maximum Gasteiger partial charge on any atom is 0.413 e. The number of pyridine rings is 1. The first-order valence-corrected chi connectivity index (χ1v) is 4.49. The van der Waals surface area contributed by atoms with Crippen LogP contribution in [0.15, 0.2) is 24.8 Å². The first-order valence-electron chi connectivity index (χ1n) is 4.49. The highest BCUT2D eigenvalue weighted by Crippen LogP contribution is 2.10. The second-order valence-corrected chi connectivity index (χ2v) is 2.85. The summed E-state index contributed by atoms with van der Waals surface area (Å²) in [6.07, 6.45) is 0.529. The number of carbonyl (C=O) groups is 2. The topological polar surface area (TPSA) is 88.5 Å². The summed E-state index contributed by atoms with van der Waals surface area (Å²) in [6.45, 7) is 3.34. The molecule has 0 aliphatic heterocycles. The zero-order chi connectivity index (χ0) is 12.8. The summed E-state index contributed by atoms with van der Waals surface area (Å²) < 4.78 is 17.7. The van der Waals surface area contributed by atoms with Gasteiger partial charge in [-0.25, -0.2) is 14.6 Å². The number of hydrogen-bond acceptors (Lipinski definition) is 4. The van der Waals surface area contributed by atoms with E-state index in [0.717, 1.165) is 12.1 Å². The molecule has 0 bridgehead atoms. The van der Waals surface area contributed by atoms with Gasteiger partial charge in [-0.05, 0) is 12.1 Å². The van der Waals surface area contributed by atoms with Crippen LogP contribution in [-0.4, -0.2) is 28.8 Å². The predicted molar refractivity (Wildman–Crippen MR) is 56.3 cm³/mol. The second-order valence-electron chi connectivity index (χ2n) is 2.85.